The zero-order valence-electron chi connectivity index (χ0n) is 10.1. The van der Waals surface area contributed by atoms with Crippen LogP contribution in [0.3, 0.4) is 0 Å². The van der Waals surface area contributed by atoms with E-state index in [1.54, 1.807) is 12.1 Å². The number of hydrogen-bond donors (Lipinski definition) is 2. The molecule has 0 radical (unpaired) electrons. The van der Waals surface area contributed by atoms with Gasteiger partial charge < -0.3 is 10.6 Å². The Hall–Kier alpha value is -2.25. The molecule has 1 amide bonds. The molecule has 96 valence electrons. The topological polar surface area (TPSA) is 97.1 Å². The molecule has 0 atom stereocenters. The van der Waals surface area contributed by atoms with E-state index < -0.39 is 0 Å². The van der Waals surface area contributed by atoms with Crippen molar-refractivity contribution < 1.29 is 4.79 Å². The van der Waals surface area contributed by atoms with Crippen molar-refractivity contribution >= 4 is 17.4 Å². The maximum atomic E-state index is 11.4. The van der Waals surface area contributed by atoms with Gasteiger partial charge in [0.2, 0.25) is 5.91 Å². The highest BCUT2D eigenvalue weighted by Crippen LogP contribution is 2.02. The minimum atomic E-state index is 0.0350. The van der Waals surface area contributed by atoms with E-state index in [0.717, 1.165) is 6.42 Å². The molecule has 0 fully saturated rings. The maximum Gasteiger partial charge on any atom is 0.221 e. The van der Waals surface area contributed by atoms with Crippen molar-refractivity contribution in [3.8, 4) is 0 Å². The molecule has 8 nitrogen and oxygen atoms in total. The highest BCUT2D eigenvalue weighted by atomic mass is 16.1. The molecule has 0 aromatic carbocycles. The van der Waals surface area contributed by atoms with Gasteiger partial charge in [-0.1, -0.05) is 6.92 Å². The van der Waals surface area contributed by atoms with E-state index in [9.17, 15) is 4.79 Å². The number of amides is 1. The number of rotatable bonds is 6. The molecule has 2 aromatic heterocycles. The predicted molar refractivity (Wildman–Crippen MR) is 65.0 cm³/mol. The van der Waals surface area contributed by atoms with Crippen molar-refractivity contribution in [3.63, 3.8) is 0 Å². The van der Waals surface area contributed by atoms with E-state index in [1.165, 1.54) is 4.63 Å². The van der Waals surface area contributed by atoms with Crippen LogP contribution in [0.4, 0.5) is 5.82 Å². The third kappa shape index (κ3) is 3.12. The Morgan fingerprint density at radius 1 is 1.39 bits per heavy atom. The maximum absolute atomic E-state index is 11.4. The number of carbonyl (C=O) groups is 1. The molecule has 2 rings (SSSR count). The van der Waals surface area contributed by atoms with Gasteiger partial charge in [-0.2, -0.15) is 0 Å². The zero-order valence-corrected chi connectivity index (χ0v) is 10.1. The minimum Gasteiger partial charge on any atom is -0.368 e. The molecule has 0 bridgehead atoms. The highest BCUT2D eigenvalue weighted by Gasteiger charge is 2.02. The van der Waals surface area contributed by atoms with Gasteiger partial charge in [0.1, 0.15) is 5.82 Å². The number of anilines is 1. The Balaban J connectivity index is 1.81. The van der Waals surface area contributed by atoms with Crippen LogP contribution in [0.2, 0.25) is 0 Å². The molecule has 2 N–H and O–H groups in total. The second-order valence-electron chi connectivity index (χ2n) is 3.77. The molecular weight excluding hydrogens is 234 g/mol. The van der Waals surface area contributed by atoms with Gasteiger partial charge in [-0.3, -0.25) is 4.79 Å². The number of tetrazole rings is 1. The van der Waals surface area contributed by atoms with Crippen molar-refractivity contribution in [1.82, 2.24) is 30.6 Å². The lowest BCUT2D eigenvalue weighted by Gasteiger charge is -2.05. The summed E-state index contributed by atoms with van der Waals surface area (Å²) >= 11 is 0. The summed E-state index contributed by atoms with van der Waals surface area (Å²) in [7, 11) is 0. The van der Waals surface area contributed by atoms with Gasteiger partial charge in [0, 0.05) is 19.5 Å². The summed E-state index contributed by atoms with van der Waals surface area (Å²) in [4.78, 5) is 11.4. The van der Waals surface area contributed by atoms with Crippen LogP contribution in [0.5, 0.6) is 0 Å². The smallest absolute Gasteiger partial charge is 0.221 e. The molecule has 18 heavy (non-hydrogen) atoms. The van der Waals surface area contributed by atoms with Crippen LogP contribution >= 0.6 is 0 Å². The molecule has 0 saturated carbocycles. The lowest BCUT2D eigenvalue weighted by molar-refractivity contribution is -0.120. The fourth-order valence-corrected chi connectivity index (χ4v) is 1.40. The van der Waals surface area contributed by atoms with Gasteiger partial charge in [-0.05, 0) is 29.0 Å². The summed E-state index contributed by atoms with van der Waals surface area (Å²) < 4.78 is 1.33. The molecule has 0 aliphatic carbocycles. The molecule has 2 aromatic rings. The van der Waals surface area contributed by atoms with E-state index in [1.807, 2.05) is 6.92 Å². The third-order valence-corrected chi connectivity index (χ3v) is 2.30. The number of hydrogen-bond acceptors (Lipinski definition) is 6. The number of nitrogens with one attached hydrogen (secondary N) is 2. The fraction of sp³-hybridized carbons (Fsp3) is 0.500. The van der Waals surface area contributed by atoms with E-state index in [0.29, 0.717) is 31.0 Å². The number of carbonyl (C=O) groups excluding carboxylic acids is 1. The van der Waals surface area contributed by atoms with E-state index in [4.69, 9.17) is 0 Å². The van der Waals surface area contributed by atoms with Gasteiger partial charge in [-0.25, -0.2) is 0 Å². The lowest BCUT2D eigenvalue weighted by Crippen LogP contribution is -2.26. The number of fused-ring (bicyclic) bond motifs is 1. The van der Waals surface area contributed by atoms with Gasteiger partial charge in [0.05, 0.1) is 0 Å². The van der Waals surface area contributed by atoms with Crippen molar-refractivity contribution in [2.24, 2.45) is 0 Å². The Kier molecular flexibility index (Phi) is 4.00. The summed E-state index contributed by atoms with van der Waals surface area (Å²) in [5.74, 6) is 0.672. The monoisotopic (exact) mass is 249 g/mol. The van der Waals surface area contributed by atoms with Crippen LogP contribution in [-0.2, 0) is 4.79 Å². The van der Waals surface area contributed by atoms with Gasteiger partial charge >= 0.3 is 0 Å². The molecule has 2 heterocycles. The average Bonchev–Trinajstić information content (AvgIpc) is 2.83. The largest absolute Gasteiger partial charge is 0.368 e. The van der Waals surface area contributed by atoms with Crippen LogP contribution in [0.15, 0.2) is 12.1 Å². The first kappa shape index (κ1) is 12.2. The molecule has 0 unspecified atom stereocenters. The van der Waals surface area contributed by atoms with E-state index in [-0.39, 0.29) is 5.91 Å². The Labute approximate surface area is 104 Å². The molecule has 0 saturated heterocycles. The van der Waals surface area contributed by atoms with Crippen LogP contribution in [0.1, 0.15) is 19.8 Å². The first-order valence-corrected chi connectivity index (χ1v) is 5.85. The number of aromatic nitrogens is 5. The Morgan fingerprint density at radius 3 is 3.11 bits per heavy atom. The molecular formula is C10H15N7O. The quantitative estimate of drug-likeness (QED) is 0.738. The molecule has 0 aliphatic heterocycles. The van der Waals surface area contributed by atoms with Crippen LogP contribution in [-0.4, -0.2) is 44.3 Å². The highest BCUT2D eigenvalue weighted by molar-refractivity contribution is 5.76. The second kappa shape index (κ2) is 5.89. The molecule has 8 heteroatoms. The second-order valence-corrected chi connectivity index (χ2v) is 3.77. The van der Waals surface area contributed by atoms with Crippen molar-refractivity contribution in [2.45, 2.75) is 19.8 Å². The summed E-state index contributed by atoms with van der Waals surface area (Å²) in [6, 6.07) is 3.53. The van der Waals surface area contributed by atoms with Crippen LogP contribution in [0.25, 0.3) is 5.65 Å². The Bertz CT molecular complexity index is 524. The Morgan fingerprint density at radius 2 is 2.28 bits per heavy atom. The standard InChI is InChI=1S/C10H15N7O/c1-2-6-12-10(18)5-7-11-8-3-4-9-13-15-16-17(9)14-8/h3-4H,2,5-7H2,1H3,(H,11,14)(H,12,18). The first-order chi connectivity index (χ1) is 8.79. The van der Waals surface area contributed by atoms with E-state index >= 15 is 0 Å². The average molecular weight is 249 g/mol. The van der Waals surface area contributed by atoms with Gasteiger partial charge in [0.15, 0.2) is 5.65 Å². The van der Waals surface area contributed by atoms with Crippen LogP contribution < -0.4 is 10.6 Å². The predicted octanol–water partition coefficient (Wildman–Crippen LogP) is -0.153. The molecule has 0 spiro atoms. The summed E-state index contributed by atoms with van der Waals surface area (Å²) in [6.45, 7) is 3.26. The van der Waals surface area contributed by atoms with Crippen molar-refractivity contribution in [3.05, 3.63) is 12.1 Å². The normalized spacial score (nSPS) is 10.5. The van der Waals surface area contributed by atoms with Crippen molar-refractivity contribution in [2.75, 3.05) is 18.4 Å². The summed E-state index contributed by atoms with van der Waals surface area (Å²) in [6.07, 6.45) is 1.35. The first-order valence-electron chi connectivity index (χ1n) is 5.85. The number of nitrogens with zero attached hydrogens (tertiary/aromatic N) is 5. The summed E-state index contributed by atoms with van der Waals surface area (Å²) in [5.41, 5.74) is 0.584. The van der Waals surface area contributed by atoms with Crippen LogP contribution in [0, 0.1) is 0 Å². The summed E-state index contributed by atoms with van der Waals surface area (Å²) in [5, 5.41) is 20.9. The van der Waals surface area contributed by atoms with Gasteiger partial charge in [0.25, 0.3) is 0 Å². The SMILES string of the molecule is CCCNC(=O)CCNc1ccc2nnnn2n1. The van der Waals surface area contributed by atoms with Gasteiger partial charge in [-0.15, -0.1) is 14.8 Å². The fourth-order valence-electron chi connectivity index (χ4n) is 1.40. The van der Waals surface area contributed by atoms with Crippen molar-refractivity contribution in [1.29, 1.82) is 0 Å². The molecule has 0 aliphatic rings. The third-order valence-electron chi connectivity index (χ3n) is 2.30. The lowest BCUT2D eigenvalue weighted by atomic mass is 10.3. The minimum absolute atomic E-state index is 0.0350. The van der Waals surface area contributed by atoms with E-state index in [2.05, 4.69) is 31.3 Å². The zero-order chi connectivity index (χ0) is 12.8.